The first kappa shape index (κ1) is 13.8. The Morgan fingerprint density at radius 1 is 1.39 bits per heavy atom. The van der Waals surface area contributed by atoms with Crippen LogP contribution in [-0.4, -0.2) is 53.8 Å². The Kier molecular flexibility index (Phi) is 3.93. The molecular formula is C11H20N2O4S. The molecule has 0 aromatic rings. The zero-order chi connectivity index (χ0) is 13.3. The summed E-state index contributed by atoms with van der Waals surface area (Å²) >= 11 is 0. The quantitative estimate of drug-likeness (QED) is 0.793. The Morgan fingerprint density at radius 3 is 2.56 bits per heavy atom. The van der Waals surface area contributed by atoms with E-state index in [4.69, 9.17) is 5.11 Å². The molecule has 1 unspecified atom stereocenters. The number of hydrogen-bond donors (Lipinski definition) is 1. The number of rotatable bonds is 5. The van der Waals surface area contributed by atoms with Crippen molar-refractivity contribution in [3.63, 3.8) is 0 Å². The second-order valence-electron chi connectivity index (χ2n) is 5.28. The van der Waals surface area contributed by atoms with Crippen molar-refractivity contribution in [3.05, 3.63) is 0 Å². The van der Waals surface area contributed by atoms with E-state index in [-0.39, 0.29) is 6.04 Å². The van der Waals surface area contributed by atoms with Crippen molar-refractivity contribution in [2.75, 3.05) is 19.6 Å². The number of aliphatic carboxylic acids is 1. The van der Waals surface area contributed by atoms with Crippen molar-refractivity contribution in [3.8, 4) is 0 Å². The molecular weight excluding hydrogens is 256 g/mol. The molecule has 1 saturated carbocycles. The lowest BCUT2D eigenvalue weighted by Gasteiger charge is -2.34. The lowest BCUT2D eigenvalue weighted by molar-refractivity contribution is -0.137. The van der Waals surface area contributed by atoms with Crippen LogP contribution in [0.3, 0.4) is 0 Å². The highest BCUT2D eigenvalue weighted by molar-refractivity contribution is 7.86. The van der Waals surface area contributed by atoms with Crippen molar-refractivity contribution >= 4 is 16.2 Å². The standard InChI is InChI=1S/C11H20N2O4S/c1-9-3-2-6-12(7-9)18(16,17)13(8-11(14)15)10-4-5-10/h9-10H,2-8H2,1H3,(H,14,15). The van der Waals surface area contributed by atoms with Crippen LogP contribution < -0.4 is 0 Å². The molecule has 1 aliphatic carbocycles. The fraction of sp³-hybridized carbons (Fsp3) is 0.909. The lowest BCUT2D eigenvalue weighted by Crippen LogP contribution is -2.49. The minimum absolute atomic E-state index is 0.108. The molecule has 0 amide bonds. The number of carboxylic acids is 1. The number of carbonyl (C=O) groups is 1. The number of carboxylic acid groups (broad SMARTS) is 1. The predicted octanol–water partition coefficient (Wildman–Crippen LogP) is 0.512. The minimum Gasteiger partial charge on any atom is -0.480 e. The first-order valence-electron chi connectivity index (χ1n) is 6.40. The van der Waals surface area contributed by atoms with Crippen LogP contribution in [0.2, 0.25) is 0 Å². The van der Waals surface area contributed by atoms with E-state index >= 15 is 0 Å². The van der Waals surface area contributed by atoms with Gasteiger partial charge in [0.1, 0.15) is 6.54 Å². The molecule has 18 heavy (non-hydrogen) atoms. The zero-order valence-electron chi connectivity index (χ0n) is 10.6. The Labute approximate surface area is 108 Å². The minimum atomic E-state index is -3.60. The van der Waals surface area contributed by atoms with Crippen LogP contribution in [0.25, 0.3) is 0 Å². The highest BCUT2D eigenvalue weighted by Crippen LogP contribution is 2.31. The van der Waals surface area contributed by atoms with Gasteiger partial charge in [-0.1, -0.05) is 6.92 Å². The van der Waals surface area contributed by atoms with Crippen LogP contribution in [0.5, 0.6) is 0 Å². The summed E-state index contributed by atoms with van der Waals surface area (Å²) < 4.78 is 27.5. The Bertz CT molecular complexity index is 419. The maximum Gasteiger partial charge on any atom is 0.318 e. The molecule has 1 N–H and O–H groups in total. The summed E-state index contributed by atoms with van der Waals surface area (Å²) in [6.07, 6.45) is 3.44. The molecule has 0 bridgehead atoms. The van der Waals surface area contributed by atoms with E-state index in [0.29, 0.717) is 19.0 Å². The van der Waals surface area contributed by atoms with E-state index in [1.165, 1.54) is 4.31 Å². The fourth-order valence-electron chi connectivity index (χ4n) is 2.40. The van der Waals surface area contributed by atoms with Crippen molar-refractivity contribution in [2.45, 2.75) is 38.6 Å². The van der Waals surface area contributed by atoms with Crippen molar-refractivity contribution in [1.29, 1.82) is 0 Å². The average Bonchev–Trinajstić information content (AvgIpc) is 3.09. The maximum atomic E-state index is 12.4. The molecule has 0 radical (unpaired) electrons. The maximum absolute atomic E-state index is 12.4. The smallest absolute Gasteiger partial charge is 0.318 e. The molecule has 0 aromatic heterocycles. The van der Waals surface area contributed by atoms with Gasteiger partial charge in [0.25, 0.3) is 10.2 Å². The van der Waals surface area contributed by atoms with Crippen LogP contribution in [0.15, 0.2) is 0 Å². The first-order valence-corrected chi connectivity index (χ1v) is 7.79. The molecule has 0 spiro atoms. The molecule has 1 aliphatic heterocycles. The predicted molar refractivity (Wildman–Crippen MR) is 66.3 cm³/mol. The largest absolute Gasteiger partial charge is 0.480 e. The molecule has 1 heterocycles. The third-order valence-electron chi connectivity index (χ3n) is 3.49. The van der Waals surface area contributed by atoms with Gasteiger partial charge in [0.2, 0.25) is 0 Å². The van der Waals surface area contributed by atoms with E-state index < -0.39 is 22.7 Å². The molecule has 7 heteroatoms. The van der Waals surface area contributed by atoms with Crippen LogP contribution in [0.4, 0.5) is 0 Å². The van der Waals surface area contributed by atoms with Gasteiger partial charge in [0, 0.05) is 19.1 Å². The highest BCUT2D eigenvalue weighted by atomic mass is 32.2. The van der Waals surface area contributed by atoms with Gasteiger partial charge in [-0.05, 0) is 31.6 Å². The summed E-state index contributed by atoms with van der Waals surface area (Å²) in [5, 5.41) is 8.85. The summed E-state index contributed by atoms with van der Waals surface area (Å²) in [4.78, 5) is 10.8. The van der Waals surface area contributed by atoms with E-state index in [2.05, 4.69) is 0 Å². The molecule has 1 atom stereocenters. The highest BCUT2D eigenvalue weighted by Gasteiger charge is 2.42. The summed E-state index contributed by atoms with van der Waals surface area (Å²) in [6.45, 7) is 2.62. The van der Waals surface area contributed by atoms with Crippen LogP contribution in [0, 0.1) is 5.92 Å². The summed E-state index contributed by atoms with van der Waals surface area (Å²) in [5.74, 6) is -0.741. The zero-order valence-corrected chi connectivity index (χ0v) is 11.4. The van der Waals surface area contributed by atoms with Crippen molar-refractivity contribution < 1.29 is 18.3 Å². The van der Waals surface area contributed by atoms with Crippen LogP contribution >= 0.6 is 0 Å². The van der Waals surface area contributed by atoms with Gasteiger partial charge in [-0.15, -0.1) is 0 Å². The molecule has 104 valence electrons. The monoisotopic (exact) mass is 276 g/mol. The van der Waals surface area contributed by atoms with Crippen molar-refractivity contribution in [1.82, 2.24) is 8.61 Å². The van der Waals surface area contributed by atoms with E-state index in [9.17, 15) is 13.2 Å². The molecule has 2 fully saturated rings. The summed E-state index contributed by atoms with van der Waals surface area (Å²) in [7, 11) is -3.60. The second-order valence-corrected chi connectivity index (χ2v) is 7.16. The van der Waals surface area contributed by atoms with Gasteiger partial charge in [-0.2, -0.15) is 17.0 Å². The normalized spacial score (nSPS) is 26.4. The molecule has 0 aromatic carbocycles. The Hall–Kier alpha value is -0.660. The van der Waals surface area contributed by atoms with Gasteiger partial charge >= 0.3 is 5.97 Å². The topological polar surface area (TPSA) is 77.9 Å². The van der Waals surface area contributed by atoms with Gasteiger partial charge in [0.05, 0.1) is 0 Å². The van der Waals surface area contributed by atoms with Crippen LogP contribution in [0.1, 0.15) is 32.6 Å². The molecule has 2 rings (SSSR count). The van der Waals surface area contributed by atoms with Gasteiger partial charge in [0.15, 0.2) is 0 Å². The summed E-state index contributed by atoms with van der Waals surface area (Å²) in [5.41, 5.74) is 0. The van der Waals surface area contributed by atoms with Crippen LogP contribution in [-0.2, 0) is 15.0 Å². The van der Waals surface area contributed by atoms with Crippen molar-refractivity contribution in [2.24, 2.45) is 5.92 Å². The van der Waals surface area contributed by atoms with E-state index in [0.717, 1.165) is 30.0 Å². The fourth-order valence-corrected chi connectivity index (χ4v) is 4.36. The summed E-state index contributed by atoms with van der Waals surface area (Å²) in [6, 6.07) is -0.108. The second kappa shape index (κ2) is 5.14. The van der Waals surface area contributed by atoms with E-state index in [1.807, 2.05) is 6.92 Å². The number of piperidine rings is 1. The number of hydrogen-bond acceptors (Lipinski definition) is 3. The third-order valence-corrected chi connectivity index (χ3v) is 5.49. The molecule has 1 saturated heterocycles. The molecule has 6 nitrogen and oxygen atoms in total. The van der Waals surface area contributed by atoms with Gasteiger partial charge < -0.3 is 5.11 Å². The Morgan fingerprint density at radius 2 is 2.06 bits per heavy atom. The SMILES string of the molecule is CC1CCCN(S(=O)(=O)N(CC(=O)O)C2CC2)C1. The van der Waals surface area contributed by atoms with Gasteiger partial charge in [-0.3, -0.25) is 4.79 Å². The number of nitrogens with zero attached hydrogens (tertiary/aromatic N) is 2. The first-order chi connectivity index (χ1) is 8.41. The molecule has 2 aliphatic rings. The van der Waals surface area contributed by atoms with Gasteiger partial charge in [-0.25, -0.2) is 0 Å². The Balaban J connectivity index is 2.13. The third kappa shape index (κ3) is 3.02. The lowest BCUT2D eigenvalue weighted by atomic mass is 10.0. The average molecular weight is 276 g/mol. The van der Waals surface area contributed by atoms with E-state index in [1.54, 1.807) is 0 Å².